The first-order chi connectivity index (χ1) is 6.83. The molecule has 1 heterocycles. The minimum atomic E-state index is -0.358. The van der Waals surface area contributed by atoms with Gasteiger partial charge >= 0.3 is 0 Å². The van der Waals surface area contributed by atoms with Crippen LogP contribution in [0.2, 0.25) is 0 Å². The van der Waals surface area contributed by atoms with Gasteiger partial charge in [0.1, 0.15) is 0 Å². The molecular formula is C10H17N3O. The lowest BCUT2D eigenvalue weighted by atomic mass is 10.2. The second-order valence-corrected chi connectivity index (χ2v) is 3.18. The molecule has 0 radical (unpaired) electrons. The average molecular weight is 195 g/mol. The fourth-order valence-corrected chi connectivity index (χ4v) is 1.16. The number of nitrogens with one attached hydrogen (secondary N) is 1. The molecule has 0 amide bonds. The molecule has 0 saturated carbocycles. The number of hydrogen-bond acceptors (Lipinski definition) is 4. The van der Waals surface area contributed by atoms with Crippen LogP contribution in [-0.4, -0.2) is 29.3 Å². The molecule has 0 aromatic carbocycles. The van der Waals surface area contributed by atoms with E-state index in [0.717, 1.165) is 5.69 Å². The maximum Gasteiger partial charge on any atom is 0.0676 e. The van der Waals surface area contributed by atoms with Gasteiger partial charge in [0.05, 0.1) is 11.8 Å². The summed E-state index contributed by atoms with van der Waals surface area (Å²) in [5, 5.41) is 12.5. The maximum absolute atomic E-state index is 9.36. The monoisotopic (exact) mass is 195 g/mol. The van der Waals surface area contributed by atoms with Crippen molar-refractivity contribution >= 4 is 0 Å². The van der Waals surface area contributed by atoms with Crippen molar-refractivity contribution in [2.75, 3.05) is 13.1 Å². The Morgan fingerprint density at radius 3 is 3.00 bits per heavy atom. The van der Waals surface area contributed by atoms with Crippen LogP contribution in [0.3, 0.4) is 0 Å². The van der Waals surface area contributed by atoms with Gasteiger partial charge in [-0.1, -0.05) is 6.07 Å². The summed E-state index contributed by atoms with van der Waals surface area (Å²) in [6.07, 6.45) is 2.03. The van der Waals surface area contributed by atoms with Crippen LogP contribution in [0.15, 0.2) is 24.4 Å². The topological polar surface area (TPSA) is 71.2 Å². The van der Waals surface area contributed by atoms with Gasteiger partial charge in [0.15, 0.2) is 0 Å². The molecule has 1 atom stereocenters. The average Bonchev–Trinajstić information content (AvgIpc) is 2.20. The van der Waals surface area contributed by atoms with E-state index in [2.05, 4.69) is 10.3 Å². The van der Waals surface area contributed by atoms with Gasteiger partial charge in [-0.2, -0.15) is 0 Å². The predicted octanol–water partition coefficient (Wildman–Crippen LogP) is -0.119. The van der Waals surface area contributed by atoms with E-state index in [4.69, 9.17) is 5.73 Å². The lowest BCUT2D eigenvalue weighted by molar-refractivity contribution is 0.164. The molecular weight excluding hydrogens is 178 g/mol. The Kier molecular flexibility index (Phi) is 5.14. The zero-order chi connectivity index (χ0) is 10.2. The molecule has 1 aromatic heterocycles. The van der Waals surface area contributed by atoms with E-state index in [0.29, 0.717) is 26.1 Å². The van der Waals surface area contributed by atoms with Crippen molar-refractivity contribution in [3.63, 3.8) is 0 Å². The molecule has 0 aliphatic carbocycles. The number of aliphatic hydroxyl groups excluding tert-OH is 1. The molecule has 0 bridgehead atoms. The highest BCUT2D eigenvalue weighted by Crippen LogP contribution is 1.93. The number of aliphatic hydroxyl groups is 1. The summed E-state index contributed by atoms with van der Waals surface area (Å²) in [6, 6.07) is 5.77. The second-order valence-electron chi connectivity index (χ2n) is 3.18. The van der Waals surface area contributed by atoms with Crippen LogP contribution < -0.4 is 11.1 Å². The van der Waals surface area contributed by atoms with Gasteiger partial charge in [-0.15, -0.1) is 0 Å². The van der Waals surface area contributed by atoms with Crippen LogP contribution in [-0.2, 0) is 6.54 Å². The first-order valence-corrected chi connectivity index (χ1v) is 4.81. The van der Waals surface area contributed by atoms with Crippen LogP contribution in [0.4, 0.5) is 0 Å². The van der Waals surface area contributed by atoms with Crippen molar-refractivity contribution in [1.29, 1.82) is 0 Å². The molecule has 1 rings (SSSR count). The summed E-state index contributed by atoms with van der Waals surface area (Å²) in [4.78, 5) is 4.15. The number of rotatable bonds is 6. The maximum atomic E-state index is 9.36. The van der Waals surface area contributed by atoms with Crippen molar-refractivity contribution in [2.45, 2.75) is 19.1 Å². The standard InChI is InChI=1S/C10H17N3O/c11-5-4-10(14)8-12-7-9-3-1-2-6-13-9/h1-3,6,10,12,14H,4-5,7-8,11H2. The van der Waals surface area contributed by atoms with Crippen molar-refractivity contribution in [3.8, 4) is 0 Å². The number of hydrogen-bond donors (Lipinski definition) is 3. The van der Waals surface area contributed by atoms with Crippen molar-refractivity contribution in [2.24, 2.45) is 5.73 Å². The zero-order valence-corrected chi connectivity index (χ0v) is 8.19. The van der Waals surface area contributed by atoms with Crippen molar-refractivity contribution in [1.82, 2.24) is 10.3 Å². The third-order valence-electron chi connectivity index (χ3n) is 1.91. The fraction of sp³-hybridized carbons (Fsp3) is 0.500. The van der Waals surface area contributed by atoms with Gasteiger partial charge < -0.3 is 16.2 Å². The Labute approximate surface area is 84.2 Å². The molecule has 4 N–H and O–H groups in total. The van der Waals surface area contributed by atoms with Gasteiger partial charge in [0.25, 0.3) is 0 Å². The number of pyridine rings is 1. The highest BCUT2D eigenvalue weighted by molar-refractivity contribution is 5.02. The zero-order valence-electron chi connectivity index (χ0n) is 8.19. The minimum Gasteiger partial charge on any atom is -0.392 e. The Morgan fingerprint density at radius 1 is 1.50 bits per heavy atom. The van der Waals surface area contributed by atoms with Gasteiger partial charge in [-0.05, 0) is 25.1 Å². The molecule has 0 fully saturated rings. The number of aromatic nitrogens is 1. The summed E-state index contributed by atoms with van der Waals surface area (Å²) < 4.78 is 0. The number of nitrogens with zero attached hydrogens (tertiary/aromatic N) is 1. The Morgan fingerprint density at radius 2 is 2.36 bits per heavy atom. The van der Waals surface area contributed by atoms with Crippen LogP contribution in [0.25, 0.3) is 0 Å². The smallest absolute Gasteiger partial charge is 0.0676 e. The van der Waals surface area contributed by atoms with E-state index in [9.17, 15) is 5.11 Å². The third-order valence-corrected chi connectivity index (χ3v) is 1.91. The SMILES string of the molecule is NCCC(O)CNCc1ccccn1. The Hall–Kier alpha value is -0.970. The van der Waals surface area contributed by atoms with Crippen LogP contribution in [0.1, 0.15) is 12.1 Å². The molecule has 0 saturated heterocycles. The molecule has 4 nitrogen and oxygen atoms in total. The number of nitrogens with two attached hydrogens (primary N) is 1. The summed E-state index contributed by atoms with van der Waals surface area (Å²) in [5.41, 5.74) is 6.29. The van der Waals surface area contributed by atoms with E-state index < -0.39 is 0 Å². The van der Waals surface area contributed by atoms with Gasteiger partial charge in [0, 0.05) is 19.3 Å². The second kappa shape index (κ2) is 6.48. The quantitative estimate of drug-likeness (QED) is 0.592. The van der Waals surface area contributed by atoms with Gasteiger partial charge in [-0.3, -0.25) is 4.98 Å². The lowest BCUT2D eigenvalue weighted by Crippen LogP contribution is -2.28. The Balaban J connectivity index is 2.16. The molecule has 78 valence electrons. The first kappa shape index (κ1) is 11.1. The predicted molar refractivity (Wildman–Crippen MR) is 55.6 cm³/mol. The normalized spacial score (nSPS) is 12.7. The molecule has 0 spiro atoms. The molecule has 4 heteroatoms. The van der Waals surface area contributed by atoms with Gasteiger partial charge in [-0.25, -0.2) is 0 Å². The van der Waals surface area contributed by atoms with E-state index in [-0.39, 0.29) is 6.10 Å². The van der Waals surface area contributed by atoms with Crippen molar-refractivity contribution in [3.05, 3.63) is 30.1 Å². The van der Waals surface area contributed by atoms with Crippen LogP contribution >= 0.6 is 0 Å². The first-order valence-electron chi connectivity index (χ1n) is 4.81. The Bertz CT molecular complexity index is 240. The largest absolute Gasteiger partial charge is 0.392 e. The van der Waals surface area contributed by atoms with E-state index >= 15 is 0 Å². The molecule has 1 aromatic rings. The fourth-order valence-electron chi connectivity index (χ4n) is 1.16. The lowest BCUT2D eigenvalue weighted by Gasteiger charge is -2.09. The van der Waals surface area contributed by atoms with Crippen LogP contribution in [0.5, 0.6) is 0 Å². The van der Waals surface area contributed by atoms with E-state index in [1.54, 1.807) is 6.20 Å². The summed E-state index contributed by atoms with van der Waals surface area (Å²) in [5.74, 6) is 0. The highest BCUT2D eigenvalue weighted by atomic mass is 16.3. The summed E-state index contributed by atoms with van der Waals surface area (Å²) in [6.45, 7) is 1.77. The summed E-state index contributed by atoms with van der Waals surface area (Å²) >= 11 is 0. The highest BCUT2D eigenvalue weighted by Gasteiger charge is 2.01. The van der Waals surface area contributed by atoms with E-state index in [1.807, 2.05) is 18.2 Å². The van der Waals surface area contributed by atoms with Crippen LogP contribution in [0, 0.1) is 0 Å². The molecule has 1 unspecified atom stereocenters. The van der Waals surface area contributed by atoms with E-state index in [1.165, 1.54) is 0 Å². The van der Waals surface area contributed by atoms with Crippen molar-refractivity contribution < 1.29 is 5.11 Å². The summed E-state index contributed by atoms with van der Waals surface area (Å²) in [7, 11) is 0. The molecule has 0 aliphatic rings. The van der Waals surface area contributed by atoms with Gasteiger partial charge in [0.2, 0.25) is 0 Å². The minimum absolute atomic E-state index is 0.358. The molecule has 14 heavy (non-hydrogen) atoms. The molecule has 0 aliphatic heterocycles. The third kappa shape index (κ3) is 4.32.